The minimum atomic E-state index is -1.52. The zero-order chi connectivity index (χ0) is 21.0. The summed E-state index contributed by atoms with van der Waals surface area (Å²) in [4.78, 5) is 0. The van der Waals surface area contributed by atoms with E-state index in [-0.39, 0.29) is 0 Å². The summed E-state index contributed by atoms with van der Waals surface area (Å²) in [6.45, 7) is 7.15. The Kier molecular flexibility index (Phi) is 4.01. The van der Waals surface area contributed by atoms with Gasteiger partial charge in [0.1, 0.15) is 0 Å². The molecule has 0 unspecified atom stereocenters. The van der Waals surface area contributed by atoms with Crippen LogP contribution in [0.4, 0.5) is 0 Å². The van der Waals surface area contributed by atoms with Gasteiger partial charge in [0, 0.05) is 11.1 Å². The Morgan fingerprint density at radius 1 is 0.567 bits per heavy atom. The van der Waals surface area contributed by atoms with Crippen molar-refractivity contribution in [3.8, 4) is 24.7 Å². The van der Waals surface area contributed by atoms with Gasteiger partial charge in [-0.15, -0.1) is 12.8 Å². The maximum Gasteiger partial charge on any atom is 0.0784 e. The van der Waals surface area contributed by atoms with Crippen molar-refractivity contribution in [2.24, 2.45) is 0 Å². The average Bonchev–Trinajstić information content (AvgIpc) is 2.73. The summed E-state index contributed by atoms with van der Waals surface area (Å²) in [5, 5.41) is 10.6. The van der Waals surface area contributed by atoms with Gasteiger partial charge in [0.2, 0.25) is 0 Å². The Morgan fingerprint density at radius 3 is 1.53 bits per heavy atom. The molecule has 0 nitrogen and oxygen atoms in total. The maximum absolute atomic E-state index is 6.09. The molecule has 0 atom stereocenters. The fourth-order valence-corrected chi connectivity index (χ4v) is 6.27. The molecular weight excluding hydrogens is 376 g/mol. The largest absolute Gasteiger partial charge is 0.115 e. The van der Waals surface area contributed by atoms with E-state index in [0.29, 0.717) is 0 Å². The van der Waals surface area contributed by atoms with Crippen molar-refractivity contribution < 1.29 is 0 Å². The topological polar surface area (TPSA) is 0 Å². The summed E-state index contributed by atoms with van der Waals surface area (Å²) >= 11 is 0. The molecule has 0 amide bonds. The number of benzene rings is 5. The molecule has 0 aliphatic heterocycles. The van der Waals surface area contributed by atoms with Crippen molar-refractivity contribution >= 4 is 56.4 Å². The molecule has 0 N–H and O–H groups in total. The fourth-order valence-electron chi connectivity index (χ4n) is 4.65. The van der Waals surface area contributed by atoms with E-state index in [1.165, 1.54) is 26.7 Å². The lowest BCUT2D eigenvalue weighted by Gasteiger charge is -2.20. The second kappa shape index (κ2) is 6.50. The highest BCUT2D eigenvalue weighted by atomic mass is 28.3. The Morgan fingerprint density at radius 2 is 1.03 bits per heavy atom. The Hall–Kier alpha value is -3.52. The van der Waals surface area contributed by atoms with Crippen molar-refractivity contribution in [2.45, 2.75) is 19.6 Å². The molecule has 30 heavy (non-hydrogen) atoms. The van der Waals surface area contributed by atoms with Crippen molar-refractivity contribution in [3.05, 3.63) is 77.9 Å². The molecule has 0 aromatic heterocycles. The second-order valence-corrected chi connectivity index (χ2v) is 14.0. The molecule has 0 saturated carbocycles. The van der Waals surface area contributed by atoms with Crippen LogP contribution in [-0.4, -0.2) is 8.07 Å². The molecule has 5 aromatic carbocycles. The van der Waals surface area contributed by atoms with Gasteiger partial charge in [0.05, 0.1) is 8.07 Å². The maximum atomic E-state index is 6.09. The van der Waals surface area contributed by atoms with Crippen LogP contribution in [0.15, 0.2) is 66.7 Å². The van der Waals surface area contributed by atoms with Gasteiger partial charge in [-0.3, -0.25) is 0 Å². The van der Waals surface area contributed by atoms with E-state index in [9.17, 15) is 0 Å². The smallest absolute Gasteiger partial charge is 0.0784 e. The molecule has 0 aliphatic rings. The lowest BCUT2D eigenvalue weighted by Crippen LogP contribution is -2.37. The molecule has 0 aliphatic carbocycles. The molecular formula is C29H22Si. The average molecular weight is 399 g/mol. The van der Waals surface area contributed by atoms with Gasteiger partial charge in [0.25, 0.3) is 0 Å². The summed E-state index contributed by atoms with van der Waals surface area (Å²) in [7, 11) is -1.52. The Labute approximate surface area is 178 Å². The minimum absolute atomic E-state index is 0.921. The third-order valence-corrected chi connectivity index (χ3v) is 8.13. The Balaban J connectivity index is 2.06. The van der Waals surface area contributed by atoms with E-state index in [2.05, 4.69) is 98.2 Å². The molecule has 0 saturated heterocycles. The number of hydrogen-bond acceptors (Lipinski definition) is 0. The molecule has 5 aromatic rings. The first-order valence-corrected chi connectivity index (χ1v) is 13.7. The lowest BCUT2D eigenvalue weighted by atomic mass is 9.89. The normalized spacial score (nSPS) is 11.8. The summed E-state index contributed by atoms with van der Waals surface area (Å²) < 4.78 is 0. The van der Waals surface area contributed by atoms with Gasteiger partial charge in [-0.1, -0.05) is 79.1 Å². The minimum Gasteiger partial charge on any atom is -0.115 e. The van der Waals surface area contributed by atoms with E-state index >= 15 is 0 Å². The molecule has 0 heterocycles. The summed E-state index contributed by atoms with van der Waals surface area (Å²) in [6, 6.07) is 23.9. The highest BCUT2D eigenvalue weighted by Gasteiger charge is 2.20. The molecule has 142 valence electrons. The van der Waals surface area contributed by atoms with E-state index < -0.39 is 8.07 Å². The van der Waals surface area contributed by atoms with Crippen molar-refractivity contribution in [3.63, 3.8) is 0 Å². The van der Waals surface area contributed by atoms with Crippen LogP contribution in [0.2, 0.25) is 19.6 Å². The summed E-state index contributed by atoms with van der Waals surface area (Å²) in [6.07, 6.45) is 12.2. The summed E-state index contributed by atoms with van der Waals surface area (Å²) in [5.41, 5.74) is 1.85. The molecule has 0 spiro atoms. The van der Waals surface area contributed by atoms with Crippen LogP contribution in [0.5, 0.6) is 0 Å². The van der Waals surface area contributed by atoms with E-state index in [4.69, 9.17) is 12.8 Å². The first-order chi connectivity index (χ1) is 14.4. The lowest BCUT2D eigenvalue weighted by molar-refractivity contribution is 1.71. The third-order valence-electron chi connectivity index (χ3n) is 6.08. The first kappa shape index (κ1) is 18.5. The van der Waals surface area contributed by atoms with E-state index in [0.717, 1.165) is 32.7 Å². The fraction of sp³-hybridized carbons (Fsp3) is 0.103. The summed E-state index contributed by atoms with van der Waals surface area (Å²) in [5.74, 6) is 5.97. The number of hydrogen-bond donors (Lipinski definition) is 0. The van der Waals surface area contributed by atoms with Gasteiger partial charge in [0.15, 0.2) is 0 Å². The predicted molar refractivity (Wildman–Crippen MR) is 135 cm³/mol. The number of rotatable bonds is 1. The van der Waals surface area contributed by atoms with Gasteiger partial charge in [-0.25, -0.2) is 0 Å². The zero-order valence-corrected chi connectivity index (χ0v) is 18.5. The monoisotopic (exact) mass is 398 g/mol. The first-order valence-electron chi connectivity index (χ1n) is 10.2. The standard InChI is InChI=1S/C29H22Si/c1-6-22-25-15-19-11-8-9-12-20(19)16-26(25)23(7-2)28-18-24-21(17-27(22)28)13-10-14-29(24)30(3,4)5/h1-2,8-18H,3-5H3. The second-order valence-electron chi connectivity index (χ2n) is 8.96. The SMILES string of the molecule is C#Cc1c2cc3ccccc3cc2c(C#C)c2cc3c([Si](C)(C)C)cccc3cc12. The van der Waals surface area contributed by atoms with Crippen molar-refractivity contribution in [1.29, 1.82) is 0 Å². The number of fused-ring (bicyclic) bond motifs is 4. The molecule has 0 bridgehead atoms. The zero-order valence-electron chi connectivity index (χ0n) is 17.5. The van der Waals surface area contributed by atoms with Crippen LogP contribution in [0, 0.1) is 24.7 Å². The van der Waals surface area contributed by atoms with Gasteiger partial charge in [-0.05, 0) is 67.4 Å². The van der Waals surface area contributed by atoms with Crippen LogP contribution in [-0.2, 0) is 0 Å². The highest BCUT2D eigenvalue weighted by molar-refractivity contribution is 6.90. The van der Waals surface area contributed by atoms with Crippen molar-refractivity contribution in [2.75, 3.05) is 0 Å². The van der Waals surface area contributed by atoms with Crippen LogP contribution < -0.4 is 5.19 Å². The van der Waals surface area contributed by atoms with Gasteiger partial charge in [-0.2, -0.15) is 0 Å². The van der Waals surface area contributed by atoms with Crippen LogP contribution in [0.25, 0.3) is 43.1 Å². The quantitative estimate of drug-likeness (QED) is 0.165. The van der Waals surface area contributed by atoms with E-state index in [1.807, 2.05) is 0 Å². The third kappa shape index (κ3) is 2.64. The number of terminal acetylenes is 2. The molecule has 0 radical (unpaired) electrons. The molecule has 5 rings (SSSR count). The van der Waals surface area contributed by atoms with Gasteiger partial charge >= 0.3 is 0 Å². The van der Waals surface area contributed by atoms with E-state index in [1.54, 1.807) is 0 Å². The highest BCUT2D eigenvalue weighted by Crippen LogP contribution is 2.36. The molecule has 0 fully saturated rings. The predicted octanol–water partition coefficient (Wildman–Crippen LogP) is 6.81. The van der Waals surface area contributed by atoms with Gasteiger partial charge < -0.3 is 0 Å². The molecule has 1 heteroatoms. The van der Waals surface area contributed by atoms with Crippen LogP contribution in [0.1, 0.15) is 11.1 Å². The Bertz CT molecular complexity index is 1580. The van der Waals surface area contributed by atoms with Crippen LogP contribution in [0.3, 0.4) is 0 Å². The van der Waals surface area contributed by atoms with Crippen LogP contribution >= 0.6 is 0 Å². The van der Waals surface area contributed by atoms with Crippen molar-refractivity contribution in [1.82, 2.24) is 0 Å².